The number of ether oxygens (including phenoxy) is 2. The Bertz CT molecular complexity index is 1270. The van der Waals surface area contributed by atoms with Crippen LogP contribution in [0.25, 0.3) is 0 Å². The molecule has 2 aliphatic rings. The van der Waals surface area contributed by atoms with Crippen molar-refractivity contribution in [1.29, 1.82) is 0 Å². The van der Waals surface area contributed by atoms with Crippen molar-refractivity contribution in [2.45, 2.75) is 43.2 Å². The summed E-state index contributed by atoms with van der Waals surface area (Å²) >= 11 is 0. The highest BCUT2D eigenvalue weighted by Gasteiger charge is 2.33. The number of anilines is 1. The standard InChI is InChI=1S/C22H26N2O7S2/c1-22(2)12-15-4-3-5-19(21(15)31-22)30-13-20(25)23-16-6-8-18(9-7-16)33(28,29)24-17-10-11-32(26,27)14-17/h3-9,17,24H,10-14H2,1-2H3,(H,23,25). The van der Waals surface area contributed by atoms with E-state index in [4.69, 9.17) is 9.47 Å². The van der Waals surface area contributed by atoms with Gasteiger partial charge in [-0.05, 0) is 50.6 Å². The molecule has 4 rings (SSSR count). The maximum atomic E-state index is 12.5. The first-order valence-electron chi connectivity index (χ1n) is 10.5. The smallest absolute Gasteiger partial charge is 0.262 e. The minimum absolute atomic E-state index is 0.0133. The summed E-state index contributed by atoms with van der Waals surface area (Å²) in [5, 5.41) is 2.66. The molecule has 0 saturated carbocycles. The number of fused-ring (bicyclic) bond motifs is 1. The van der Waals surface area contributed by atoms with Gasteiger partial charge in [-0.25, -0.2) is 21.6 Å². The average molecular weight is 495 g/mol. The summed E-state index contributed by atoms with van der Waals surface area (Å²) in [6.45, 7) is 3.73. The van der Waals surface area contributed by atoms with Gasteiger partial charge in [-0.1, -0.05) is 12.1 Å². The molecule has 0 aromatic heterocycles. The lowest BCUT2D eigenvalue weighted by molar-refractivity contribution is -0.118. The van der Waals surface area contributed by atoms with Gasteiger partial charge in [-0.15, -0.1) is 0 Å². The van der Waals surface area contributed by atoms with Gasteiger partial charge in [0.25, 0.3) is 5.91 Å². The number of sulfone groups is 1. The molecule has 0 radical (unpaired) electrons. The third-order valence-electron chi connectivity index (χ3n) is 5.42. The zero-order valence-electron chi connectivity index (χ0n) is 18.3. The molecule has 2 aromatic carbocycles. The quantitative estimate of drug-likeness (QED) is 0.601. The van der Waals surface area contributed by atoms with Gasteiger partial charge >= 0.3 is 0 Å². The van der Waals surface area contributed by atoms with Gasteiger partial charge in [-0.2, -0.15) is 0 Å². The van der Waals surface area contributed by atoms with Crippen LogP contribution in [0.5, 0.6) is 11.5 Å². The Balaban J connectivity index is 1.33. The van der Waals surface area contributed by atoms with E-state index in [0.29, 0.717) is 17.2 Å². The molecule has 0 bridgehead atoms. The molecule has 1 amide bonds. The number of amides is 1. The second-order valence-electron chi connectivity index (χ2n) is 8.87. The van der Waals surface area contributed by atoms with Gasteiger partial charge in [0.05, 0.1) is 16.4 Å². The number of sulfonamides is 1. The average Bonchev–Trinajstić information content (AvgIpc) is 3.22. The Kier molecular flexibility index (Phi) is 6.14. The molecule has 33 heavy (non-hydrogen) atoms. The second kappa shape index (κ2) is 8.62. The van der Waals surface area contributed by atoms with E-state index in [1.54, 1.807) is 6.07 Å². The molecule has 2 heterocycles. The van der Waals surface area contributed by atoms with Crippen molar-refractivity contribution < 1.29 is 31.1 Å². The summed E-state index contributed by atoms with van der Waals surface area (Å²) in [6, 6.07) is 10.6. The number of nitrogens with one attached hydrogen (secondary N) is 2. The molecule has 178 valence electrons. The summed E-state index contributed by atoms with van der Waals surface area (Å²) in [6.07, 6.45) is 1.01. The molecule has 1 fully saturated rings. The summed E-state index contributed by atoms with van der Waals surface area (Å²) < 4.78 is 62.1. The minimum Gasteiger partial charge on any atom is -0.483 e. The molecular formula is C22H26N2O7S2. The lowest BCUT2D eigenvalue weighted by Gasteiger charge is -2.18. The number of carbonyl (C=O) groups excluding carboxylic acids is 1. The van der Waals surface area contributed by atoms with E-state index < -0.39 is 31.8 Å². The maximum Gasteiger partial charge on any atom is 0.262 e. The highest BCUT2D eigenvalue weighted by atomic mass is 32.2. The summed E-state index contributed by atoms with van der Waals surface area (Å²) in [5.41, 5.74) is 1.10. The molecule has 2 N–H and O–H groups in total. The molecule has 2 aliphatic heterocycles. The van der Waals surface area contributed by atoms with Crippen LogP contribution in [0.3, 0.4) is 0 Å². The fourth-order valence-corrected chi connectivity index (χ4v) is 6.98. The Morgan fingerprint density at radius 2 is 1.91 bits per heavy atom. The van der Waals surface area contributed by atoms with Gasteiger partial charge in [0, 0.05) is 23.7 Å². The first-order valence-corrected chi connectivity index (χ1v) is 13.8. The molecule has 2 aromatic rings. The van der Waals surface area contributed by atoms with Gasteiger partial charge in [-0.3, -0.25) is 4.79 Å². The lowest BCUT2D eigenvalue weighted by atomic mass is 10.0. The number of rotatable bonds is 7. The topological polar surface area (TPSA) is 128 Å². The van der Waals surface area contributed by atoms with Crippen LogP contribution in [-0.4, -0.2) is 52.5 Å². The number of para-hydroxylation sites is 1. The lowest BCUT2D eigenvalue weighted by Crippen LogP contribution is -2.35. The summed E-state index contributed by atoms with van der Waals surface area (Å²) in [7, 11) is -7.07. The van der Waals surface area contributed by atoms with E-state index in [-0.39, 0.29) is 35.0 Å². The molecule has 9 nitrogen and oxygen atoms in total. The number of benzene rings is 2. The first-order chi connectivity index (χ1) is 15.4. The monoisotopic (exact) mass is 494 g/mol. The van der Waals surface area contributed by atoms with Crippen molar-refractivity contribution in [2.24, 2.45) is 0 Å². The Morgan fingerprint density at radius 1 is 1.18 bits per heavy atom. The van der Waals surface area contributed by atoms with Crippen molar-refractivity contribution in [1.82, 2.24) is 4.72 Å². The van der Waals surface area contributed by atoms with E-state index in [9.17, 15) is 21.6 Å². The molecule has 1 saturated heterocycles. The fraction of sp³-hybridized carbons (Fsp3) is 0.409. The van der Waals surface area contributed by atoms with Crippen LogP contribution in [-0.2, 0) is 31.1 Å². The van der Waals surface area contributed by atoms with Gasteiger partial charge in [0.2, 0.25) is 10.0 Å². The largest absolute Gasteiger partial charge is 0.483 e. The van der Waals surface area contributed by atoms with Crippen LogP contribution in [0.2, 0.25) is 0 Å². The SMILES string of the molecule is CC1(C)Cc2cccc(OCC(=O)Nc3ccc(S(=O)(=O)NC4CCS(=O)(=O)C4)cc3)c2O1. The normalized spacial score (nSPS) is 20.6. The van der Waals surface area contributed by atoms with Crippen molar-refractivity contribution in [3.63, 3.8) is 0 Å². The minimum atomic E-state index is -3.87. The molecule has 0 spiro atoms. The predicted octanol–water partition coefficient (Wildman–Crippen LogP) is 1.88. The van der Waals surface area contributed by atoms with Gasteiger partial charge < -0.3 is 14.8 Å². The van der Waals surface area contributed by atoms with E-state index in [1.807, 2.05) is 26.0 Å². The zero-order valence-corrected chi connectivity index (χ0v) is 20.0. The Labute approximate surface area is 193 Å². The Hall–Kier alpha value is -2.63. The van der Waals surface area contributed by atoms with Crippen LogP contribution in [0, 0.1) is 0 Å². The molecule has 11 heteroatoms. The number of hydrogen-bond donors (Lipinski definition) is 2. The second-order valence-corrected chi connectivity index (χ2v) is 12.8. The van der Waals surface area contributed by atoms with Crippen LogP contribution >= 0.6 is 0 Å². The van der Waals surface area contributed by atoms with E-state index in [2.05, 4.69) is 10.0 Å². The summed E-state index contributed by atoms with van der Waals surface area (Å²) in [5.74, 6) is 0.507. The van der Waals surface area contributed by atoms with Gasteiger partial charge in [0.15, 0.2) is 27.9 Å². The predicted molar refractivity (Wildman–Crippen MR) is 123 cm³/mol. The van der Waals surface area contributed by atoms with E-state index in [0.717, 1.165) is 12.0 Å². The van der Waals surface area contributed by atoms with Crippen molar-refractivity contribution in [3.05, 3.63) is 48.0 Å². The van der Waals surface area contributed by atoms with Crippen molar-refractivity contribution in [2.75, 3.05) is 23.4 Å². The molecular weight excluding hydrogens is 468 g/mol. The van der Waals surface area contributed by atoms with Crippen LogP contribution in [0.15, 0.2) is 47.4 Å². The first kappa shape index (κ1) is 23.5. The fourth-order valence-electron chi connectivity index (χ4n) is 3.93. The highest BCUT2D eigenvalue weighted by molar-refractivity contribution is 7.92. The van der Waals surface area contributed by atoms with Crippen molar-refractivity contribution in [3.8, 4) is 11.5 Å². The molecule has 1 unspecified atom stereocenters. The third-order valence-corrected chi connectivity index (χ3v) is 8.72. The maximum absolute atomic E-state index is 12.5. The van der Waals surface area contributed by atoms with E-state index in [1.165, 1.54) is 24.3 Å². The zero-order chi connectivity index (χ0) is 23.9. The Morgan fingerprint density at radius 3 is 2.58 bits per heavy atom. The highest BCUT2D eigenvalue weighted by Crippen LogP contribution is 2.41. The van der Waals surface area contributed by atoms with Gasteiger partial charge in [0.1, 0.15) is 5.60 Å². The molecule has 1 atom stereocenters. The van der Waals surface area contributed by atoms with Crippen molar-refractivity contribution >= 4 is 31.5 Å². The molecule has 0 aliphatic carbocycles. The van der Waals surface area contributed by atoms with Crippen LogP contribution < -0.4 is 19.5 Å². The van der Waals surface area contributed by atoms with Crippen LogP contribution in [0.1, 0.15) is 25.8 Å². The third kappa shape index (κ3) is 5.66. The number of carbonyl (C=O) groups is 1. The van der Waals surface area contributed by atoms with Crippen LogP contribution in [0.4, 0.5) is 5.69 Å². The number of hydrogen-bond acceptors (Lipinski definition) is 7. The van der Waals surface area contributed by atoms with E-state index >= 15 is 0 Å². The summed E-state index contributed by atoms with van der Waals surface area (Å²) in [4.78, 5) is 12.3.